The number of aliphatic hydroxyl groups excluding tert-OH is 5. The van der Waals surface area contributed by atoms with E-state index in [2.05, 4.69) is 0 Å². The first-order valence-electron chi connectivity index (χ1n) is 14.8. The lowest BCUT2D eigenvalue weighted by atomic mass is 9.84. The predicted octanol–water partition coefficient (Wildman–Crippen LogP) is 1.56. The fraction of sp³-hybridized carbons (Fsp3) is 0.424. The second-order valence-electron chi connectivity index (χ2n) is 11.4. The van der Waals surface area contributed by atoms with Crippen molar-refractivity contribution in [2.24, 2.45) is 11.8 Å². The smallest absolute Gasteiger partial charge is 0.347 e. The number of rotatable bonds is 13. The van der Waals surface area contributed by atoms with Crippen LogP contribution in [0.15, 0.2) is 42.5 Å². The number of ether oxygens (including phenoxy) is 5. The Morgan fingerprint density at radius 1 is 0.851 bits per heavy atom. The van der Waals surface area contributed by atoms with Crippen LogP contribution in [0.1, 0.15) is 40.6 Å². The molecule has 0 amide bonds. The highest BCUT2D eigenvalue weighted by molar-refractivity contribution is 5.81. The number of aliphatic carboxylic acids is 1. The molecule has 7 atom stereocenters. The molecule has 8 N–H and O–H groups in total. The summed E-state index contributed by atoms with van der Waals surface area (Å²) >= 11 is 0. The van der Waals surface area contributed by atoms with E-state index in [9.17, 15) is 45.6 Å². The lowest BCUT2D eigenvalue weighted by Gasteiger charge is -2.24. The number of carboxylic acid groups (broad SMARTS) is 1. The minimum Gasteiger partial charge on any atom is -0.504 e. The largest absolute Gasteiger partial charge is 0.504 e. The van der Waals surface area contributed by atoms with Gasteiger partial charge in [0.25, 0.3) is 0 Å². The maximum absolute atomic E-state index is 11.8. The Hall–Kier alpha value is -4.15. The summed E-state index contributed by atoms with van der Waals surface area (Å²) in [6.07, 6.45) is -5.90. The molecular weight excluding hydrogens is 620 g/mol. The minimum absolute atomic E-state index is 0.000580. The van der Waals surface area contributed by atoms with Crippen molar-refractivity contribution >= 4 is 5.97 Å². The molecule has 0 spiro atoms. The van der Waals surface area contributed by atoms with E-state index in [1.54, 1.807) is 24.3 Å². The molecule has 2 fully saturated rings. The molecule has 47 heavy (non-hydrogen) atoms. The quantitative estimate of drug-likeness (QED) is 0.131. The van der Waals surface area contributed by atoms with Crippen molar-refractivity contribution in [2.75, 3.05) is 40.6 Å². The Kier molecular flexibility index (Phi) is 10.4. The Balaban J connectivity index is 1.61. The lowest BCUT2D eigenvalue weighted by molar-refractivity contribution is -0.146. The first kappa shape index (κ1) is 34.2. The Morgan fingerprint density at radius 2 is 1.49 bits per heavy atom. The highest BCUT2D eigenvalue weighted by atomic mass is 16.5. The Bertz CT molecular complexity index is 1590. The Morgan fingerprint density at radius 3 is 2.06 bits per heavy atom. The van der Waals surface area contributed by atoms with Crippen LogP contribution in [0.25, 0.3) is 11.1 Å². The molecular formula is C33H38O14. The summed E-state index contributed by atoms with van der Waals surface area (Å²) in [6.45, 7) is -1.78. The summed E-state index contributed by atoms with van der Waals surface area (Å²) in [5.74, 6) is -2.00. The third kappa shape index (κ3) is 6.53. The molecule has 14 heteroatoms. The number of benzene rings is 3. The SMILES string of the molecule is COc1cc(C2OCC3C(c4cc(OC)c(O)c(-c5cc(C(O)C(O)CO)cc(CO)c5OC(CO)C(=O)O)c4)OCC23)ccc1O. The van der Waals surface area contributed by atoms with Gasteiger partial charge in [0, 0.05) is 28.5 Å². The van der Waals surface area contributed by atoms with Crippen LogP contribution in [-0.4, -0.2) is 99.7 Å². The van der Waals surface area contributed by atoms with E-state index in [4.69, 9.17) is 23.7 Å². The normalized spacial score (nSPS) is 22.4. The molecule has 0 bridgehead atoms. The van der Waals surface area contributed by atoms with E-state index in [1.165, 1.54) is 32.4 Å². The summed E-state index contributed by atoms with van der Waals surface area (Å²) in [5.41, 5.74) is 1.40. The fourth-order valence-electron chi connectivity index (χ4n) is 6.23. The van der Waals surface area contributed by atoms with Gasteiger partial charge in [0.05, 0.1) is 59.5 Å². The number of phenolic OH excluding ortho intramolecular Hbond substituents is 2. The van der Waals surface area contributed by atoms with E-state index >= 15 is 0 Å². The van der Waals surface area contributed by atoms with E-state index < -0.39 is 50.2 Å². The summed E-state index contributed by atoms with van der Waals surface area (Å²) < 4.78 is 28.9. The molecule has 3 aromatic rings. The van der Waals surface area contributed by atoms with Crippen LogP contribution in [0.2, 0.25) is 0 Å². The van der Waals surface area contributed by atoms with Crippen LogP contribution in [0, 0.1) is 11.8 Å². The molecule has 2 aliphatic rings. The van der Waals surface area contributed by atoms with E-state index in [0.29, 0.717) is 24.5 Å². The van der Waals surface area contributed by atoms with E-state index in [1.807, 2.05) is 0 Å². The van der Waals surface area contributed by atoms with Crippen molar-refractivity contribution in [3.8, 4) is 39.9 Å². The maximum atomic E-state index is 11.8. The van der Waals surface area contributed by atoms with Crippen molar-refractivity contribution in [3.05, 3.63) is 64.7 Å². The molecule has 0 radical (unpaired) electrons. The summed E-state index contributed by atoms with van der Waals surface area (Å²) in [5, 5.41) is 81.3. The zero-order valence-electron chi connectivity index (χ0n) is 25.6. The average Bonchev–Trinajstić information content (AvgIpc) is 3.69. The van der Waals surface area contributed by atoms with E-state index in [-0.39, 0.29) is 63.2 Å². The van der Waals surface area contributed by atoms with Crippen molar-refractivity contribution in [2.45, 2.75) is 37.1 Å². The number of fused-ring (bicyclic) bond motifs is 1. The molecule has 14 nitrogen and oxygen atoms in total. The number of hydrogen-bond acceptors (Lipinski definition) is 13. The third-order valence-electron chi connectivity index (χ3n) is 8.69. The van der Waals surface area contributed by atoms with Gasteiger partial charge in [-0.15, -0.1) is 0 Å². The van der Waals surface area contributed by atoms with Crippen molar-refractivity contribution in [1.29, 1.82) is 0 Å². The van der Waals surface area contributed by atoms with Crippen molar-refractivity contribution in [3.63, 3.8) is 0 Å². The van der Waals surface area contributed by atoms with Gasteiger partial charge in [-0.1, -0.05) is 6.07 Å². The molecule has 5 rings (SSSR count). The van der Waals surface area contributed by atoms with Crippen molar-refractivity contribution in [1.82, 2.24) is 0 Å². The third-order valence-corrected chi connectivity index (χ3v) is 8.69. The molecule has 0 aliphatic carbocycles. The molecule has 7 unspecified atom stereocenters. The standard InChI is InChI=1S/C33H38O14/c1-43-25-8-15(3-4-23(25)37)30-21-13-46-31(22(21)14-45-30)17-7-19(29(40)26(9-17)44-2)20-6-16(28(39)24(38)11-35)5-18(10-34)32(20)47-27(12-36)33(41)42/h3-9,21-22,24,27-28,30-31,34-40H,10-14H2,1-2H3,(H,41,42). The number of phenols is 2. The maximum Gasteiger partial charge on any atom is 0.347 e. The molecule has 2 saturated heterocycles. The first-order chi connectivity index (χ1) is 22.6. The first-order valence-corrected chi connectivity index (χ1v) is 14.8. The molecule has 2 aliphatic heterocycles. The second kappa shape index (κ2) is 14.3. The zero-order valence-corrected chi connectivity index (χ0v) is 25.6. The fourth-order valence-corrected chi connectivity index (χ4v) is 6.23. The second-order valence-corrected chi connectivity index (χ2v) is 11.4. The molecule has 0 saturated carbocycles. The number of methoxy groups -OCH3 is 2. The van der Waals surface area contributed by atoms with Crippen LogP contribution in [0.3, 0.4) is 0 Å². The summed E-state index contributed by atoms with van der Waals surface area (Å²) in [4.78, 5) is 11.8. The van der Waals surface area contributed by atoms with Gasteiger partial charge in [0.2, 0.25) is 6.10 Å². The van der Waals surface area contributed by atoms with Crippen LogP contribution >= 0.6 is 0 Å². The van der Waals surface area contributed by atoms with Gasteiger partial charge in [-0.3, -0.25) is 0 Å². The van der Waals surface area contributed by atoms with Gasteiger partial charge in [-0.25, -0.2) is 4.79 Å². The zero-order chi connectivity index (χ0) is 34.0. The molecule has 254 valence electrons. The number of aliphatic hydroxyl groups is 5. The predicted molar refractivity (Wildman–Crippen MR) is 162 cm³/mol. The van der Waals surface area contributed by atoms with Gasteiger partial charge in [-0.2, -0.15) is 0 Å². The molecule has 0 aromatic heterocycles. The topological polar surface area (TPSA) is 225 Å². The van der Waals surface area contributed by atoms with Gasteiger partial charge in [0.15, 0.2) is 23.0 Å². The van der Waals surface area contributed by atoms with Crippen LogP contribution in [-0.2, 0) is 20.9 Å². The van der Waals surface area contributed by atoms with Crippen LogP contribution < -0.4 is 14.2 Å². The van der Waals surface area contributed by atoms with Gasteiger partial charge >= 0.3 is 5.97 Å². The number of carbonyl (C=O) groups is 1. The summed E-state index contributed by atoms with van der Waals surface area (Å²) in [7, 11) is 2.80. The van der Waals surface area contributed by atoms with Gasteiger partial charge < -0.3 is 64.5 Å². The minimum atomic E-state index is -1.75. The lowest BCUT2D eigenvalue weighted by Crippen LogP contribution is -2.31. The van der Waals surface area contributed by atoms with Gasteiger partial charge in [-0.05, 0) is 53.1 Å². The Labute approximate surface area is 269 Å². The number of carboxylic acids is 1. The van der Waals surface area contributed by atoms with Gasteiger partial charge in [0.1, 0.15) is 18.0 Å². The van der Waals surface area contributed by atoms with Crippen LogP contribution in [0.5, 0.6) is 28.7 Å². The highest BCUT2D eigenvalue weighted by Crippen LogP contribution is 2.53. The summed E-state index contributed by atoms with van der Waals surface area (Å²) in [6, 6.07) is 10.8. The monoisotopic (exact) mass is 658 g/mol. The number of aromatic hydroxyl groups is 2. The average molecular weight is 659 g/mol. The van der Waals surface area contributed by atoms with Crippen molar-refractivity contribution < 1.29 is 69.3 Å². The number of hydrogen-bond donors (Lipinski definition) is 8. The highest BCUT2D eigenvalue weighted by Gasteiger charge is 2.48. The molecule has 3 aromatic carbocycles. The molecule has 2 heterocycles. The van der Waals surface area contributed by atoms with Crippen LogP contribution in [0.4, 0.5) is 0 Å². The van der Waals surface area contributed by atoms with E-state index in [0.717, 1.165) is 5.56 Å².